The summed E-state index contributed by atoms with van der Waals surface area (Å²) in [6.45, 7) is 1.29. The molecule has 0 saturated carbocycles. The number of rotatable bonds is 7. The number of hydrogen-bond donors (Lipinski definition) is 1. The minimum absolute atomic E-state index is 0.0295. The Bertz CT molecular complexity index is 220. The van der Waals surface area contributed by atoms with Gasteiger partial charge in [-0.2, -0.15) is 0 Å². The average Bonchev–Trinajstić information content (AvgIpc) is 2.37. The highest BCUT2D eigenvalue weighted by atomic mass is 35.5. The lowest BCUT2D eigenvalue weighted by molar-refractivity contribution is -0.123. The Kier molecular flexibility index (Phi) is 7.56. The van der Waals surface area contributed by atoms with E-state index in [9.17, 15) is 4.79 Å². The Morgan fingerprint density at radius 1 is 1.59 bits per heavy atom. The Morgan fingerprint density at radius 2 is 2.41 bits per heavy atom. The minimum Gasteiger partial charge on any atom is -0.383 e. The molecule has 0 aromatic rings. The molecular weight excluding hydrogens is 242 g/mol. The Balaban J connectivity index is 2.14. The van der Waals surface area contributed by atoms with Crippen LogP contribution in [0, 0.1) is 0 Å². The van der Waals surface area contributed by atoms with Crippen molar-refractivity contribution >= 4 is 17.5 Å². The lowest BCUT2D eigenvalue weighted by Crippen LogP contribution is -2.39. The van der Waals surface area contributed by atoms with Crippen molar-refractivity contribution in [2.45, 2.75) is 44.2 Å². The van der Waals surface area contributed by atoms with Crippen LogP contribution in [0.2, 0.25) is 0 Å². The molecule has 1 heterocycles. The first-order valence-electron chi connectivity index (χ1n) is 6.22. The number of methoxy groups -OCH3 is 1. The van der Waals surface area contributed by atoms with E-state index in [4.69, 9.17) is 21.1 Å². The number of halogens is 1. The second-order valence-electron chi connectivity index (χ2n) is 4.40. The topological polar surface area (TPSA) is 47.6 Å². The first-order valence-corrected chi connectivity index (χ1v) is 6.75. The zero-order chi connectivity index (χ0) is 12.5. The second-order valence-corrected chi connectivity index (χ2v) is 4.71. The zero-order valence-electron chi connectivity index (χ0n) is 10.4. The number of alkyl halides is 1. The van der Waals surface area contributed by atoms with Crippen molar-refractivity contribution in [3.8, 4) is 0 Å². The fourth-order valence-electron chi connectivity index (χ4n) is 1.95. The van der Waals surface area contributed by atoms with E-state index in [-0.39, 0.29) is 18.1 Å². The standard InChI is InChI=1S/C12H22ClNO3/c1-16-9-10(8-13)14-12(15)6-5-11-4-2-3-7-17-11/h10-11H,2-9H2,1H3,(H,14,15). The van der Waals surface area contributed by atoms with Crippen LogP contribution in [-0.4, -0.2) is 44.3 Å². The van der Waals surface area contributed by atoms with Gasteiger partial charge in [0.25, 0.3) is 0 Å². The number of ether oxygens (including phenoxy) is 2. The van der Waals surface area contributed by atoms with Crippen LogP contribution in [0.1, 0.15) is 32.1 Å². The maximum atomic E-state index is 11.6. The predicted octanol–water partition coefficient (Wildman–Crippen LogP) is 1.71. The highest BCUT2D eigenvalue weighted by Crippen LogP contribution is 2.16. The van der Waals surface area contributed by atoms with Gasteiger partial charge in [-0.1, -0.05) is 0 Å². The van der Waals surface area contributed by atoms with E-state index in [0.29, 0.717) is 18.9 Å². The molecule has 0 aromatic heterocycles. The summed E-state index contributed by atoms with van der Waals surface area (Å²) in [5.41, 5.74) is 0. The van der Waals surface area contributed by atoms with Gasteiger partial charge in [0.05, 0.1) is 18.8 Å². The SMILES string of the molecule is COCC(CCl)NC(=O)CCC1CCCCO1. The van der Waals surface area contributed by atoms with Gasteiger partial charge in [-0.05, 0) is 25.7 Å². The van der Waals surface area contributed by atoms with Gasteiger partial charge < -0.3 is 14.8 Å². The van der Waals surface area contributed by atoms with Crippen molar-refractivity contribution in [2.24, 2.45) is 0 Å². The normalized spacial score (nSPS) is 22.1. The molecule has 1 aliphatic rings. The number of nitrogens with one attached hydrogen (secondary N) is 1. The van der Waals surface area contributed by atoms with Crippen LogP contribution in [0.25, 0.3) is 0 Å². The van der Waals surface area contributed by atoms with Crippen LogP contribution in [0.4, 0.5) is 0 Å². The fraction of sp³-hybridized carbons (Fsp3) is 0.917. The summed E-state index contributed by atoms with van der Waals surface area (Å²) in [7, 11) is 1.60. The molecule has 1 saturated heterocycles. The van der Waals surface area contributed by atoms with E-state index >= 15 is 0 Å². The van der Waals surface area contributed by atoms with Gasteiger partial charge in [-0.25, -0.2) is 0 Å². The molecule has 1 aliphatic heterocycles. The van der Waals surface area contributed by atoms with Crippen LogP contribution < -0.4 is 5.32 Å². The molecule has 1 N–H and O–H groups in total. The lowest BCUT2D eigenvalue weighted by atomic mass is 10.0. The highest BCUT2D eigenvalue weighted by molar-refractivity contribution is 6.18. The first kappa shape index (κ1) is 14.7. The monoisotopic (exact) mass is 263 g/mol. The first-order chi connectivity index (χ1) is 8.26. The Morgan fingerprint density at radius 3 is 3.00 bits per heavy atom. The van der Waals surface area contributed by atoms with E-state index in [1.54, 1.807) is 7.11 Å². The van der Waals surface area contributed by atoms with Crippen molar-refractivity contribution in [1.82, 2.24) is 5.32 Å². The molecule has 0 aromatic carbocycles. The number of carbonyl (C=O) groups excluding carboxylic acids is 1. The summed E-state index contributed by atoms with van der Waals surface area (Å²) in [6, 6.07) is -0.0959. The van der Waals surface area contributed by atoms with Gasteiger partial charge in [-0.15, -0.1) is 11.6 Å². The Hall–Kier alpha value is -0.320. The van der Waals surface area contributed by atoms with Gasteiger partial charge in [0, 0.05) is 26.0 Å². The minimum atomic E-state index is -0.0959. The maximum absolute atomic E-state index is 11.6. The van der Waals surface area contributed by atoms with Gasteiger partial charge in [0.1, 0.15) is 0 Å². The average molecular weight is 264 g/mol. The number of hydrogen-bond acceptors (Lipinski definition) is 3. The quantitative estimate of drug-likeness (QED) is 0.712. The molecule has 1 rings (SSSR count). The molecule has 5 heteroatoms. The van der Waals surface area contributed by atoms with Crippen LogP contribution in [-0.2, 0) is 14.3 Å². The van der Waals surface area contributed by atoms with Crippen molar-refractivity contribution in [3.05, 3.63) is 0 Å². The van der Waals surface area contributed by atoms with Crippen molar-refractivity contribution in [1.29, 1.82) is 0 Å². The predicted molar refractivity (Wildman–Crippen MR) is 67.4 cm³/mol. The van der Waals surface area contributed by atoms with Gasteiger partial charge in [0.2, 0.25) is 5.91 Å². The van der Waals surface area contributed by atoms with E-state index in [1.165, 1.54) is 6.42 Å². The fourth-order valence-corrected chi connectivity index (χ4v) is 2.12. The zero-order valence-corrected chi connectivity index (χ0v) is 11.2. The van der Waals surface area contributed by atoms with E-state index < -0.39 is 0 Å². The van der Waals surface area contributed by atoms with E-state index in [1.807, 2.05) is 0 Å². The van der Waals surface area contributed by atoms with Crippen LogP contribution in [0.5, 0.6) is 0 Å². The molecule has 0 bridgehead atoms. The molecule has 0 radical (unpaired) electrons. The summed E-state index contributed by atoms with van der Waals surface area (Å²) in [4.78, 5) is 11.6. The van der Waals surface area contributed by atoms with Crippen LogP contribution in [0.3, 0.4) is 0 Å². The molecular formula is C12H22ClNO3. The van der Waals surface area contributed by atoms with E-state index in [0.717, 1.165) is 25.9 Å². The molecule has 4 nitrogen and oxygen atoms in total. The Labute approximate surface area is 108 Å². The molecule has 0 spiro atoms. The molecule has 2 unspecified atom stereocenters. The second kappa shape index (κ2) is 8.72. The summed E-state index contributed by atoms with van der Waals surface area (Å²) < 4.78 is 10.5. The maximum Gasteiger partial charge on any atom is 0.220 e. The smallest absolute Gasteiger partial charge is 0.220 e. The van der Waals surface area contributed by atoms with Crippen LogP contribution >= 0.6 is 11.6 Å². The van der Waals surface area contributed by atoms with E-state index in [2.05, 4.69) is 5.32 Å². The number of amides is 1. The largest absolute Gasteiger partial charge is 0.383 e. The summed E-state index contributed by atoms with van der Waals surface area (Å²) in [5, 5.41) is 2.86. The number of carbonyl (C=O) groups is 1. The third-order valence-corrected chi connectivity index (χ3v) is 3.26. The molecule has 17 heavy (non-hydrogen) atoms. The van der Waals surface area contributed by atoms with Crippen molar-refractivity contribution < 1.29 is 14.3 Å². The summed E-state index contributed by atoms with van der Waals surface area (Å²) in [5.74, 6) is 0.404. The van der Waals surface area contributed by atoms with Crippen LogP contribution in [0.15, 0.2) is 0 Å². The van der Waals surface area contributed by atoms with Gasteiger partial charge >= 0.3 is 0 Å². The third-order valence-electron chi connectivity index (χ3n) is 2.89. The van der Waals surface area contributed by atoms with Crippen molar-refractivity contribution in [3.63, 3.8) is 0 Å². The molecule has 0 aliphatic carbocycles. The molecule has 2 atom stereocenters. The third kappa shape index (κ3) is 6.24. The highest BCUT2D eigenvalue weighted by Gasteiger charge is 2.16. The van der Waals surface area contributed by atoms with Gasteiger partial charge in [0.15, 0.2) is 0 Å². The summed E-state index contributed by atoms with van der Waals surface area (Å²) in [6.07, 6.45) is 4.98. The molecule has 1 fully saturated rings. The summed E-state index contributed by atoms with van der Waals surface area (Å²) >= 11 is 5.72. The lowest BCUT2D eigenvalue weighted by Gasteiger charge is -2.22. The van der Waals surface area contributed by atoms with Gasteiger partial charge in [-0.3, -0.25) is 4.79 Å². The molecule has 100 valence electrons. The van der Waals surface area contributed by atoms with Crippen molar-refractivity contribution in [2.75, 3.05) is 26.2 Å². The molecule has 1 amide bonds.